The Bertz CT molecular complexity index is 254. The Morgan fingerprint density at radius 3 is 2.05 bits per heavy atom. The van der Waals surface area contributed by atoms with E-state index in [1.165, 1.54) is 58.5 Å². The van der Waals surface area contributed by atoms with Crippen molar-refractivity contribution in [3.8, 4) is 0 Å². The molecular formula is C18H38N2O. The molecule has 0 unspecified atom stereocenters. The predicted molar refractivity (Wildman–Crippen MR) is 91.7 cm³/mol. The fraction of sp³-hybridized carbons (Fsp3) is 1.00. The van der Waals surface area contributed by atoms with Crippen LogP contribution in [0.2, 0.25) is 0 Å². The SMILES string of the molecule is CCN1CCN(CCCC[C@@H](O)CCCC(C)(C)C)CC1. The van der Waals surface area contributed by atoms with Crippen LogP contribution in [0.25, 0.3) is 0 Å². The average molecular weight is 299 g/mol. The first kappa shape index (κ1) is 18.9. The van der Waals surface area contributed by atoms with Crippen LogP contribution in [0, 0.1) is 5.41 Å². The number of likely N-dealkylation sites (N-methyl/N-ethyl adjacent to an activating group) is 1. The highest BCUT2D eigenvalue weighted by Crippen LogP contribution is 2.22. The van der Waals surface area contributed by atoms with E-state index in [0.717, 1.165) is 19.3 Å². The molecule has 0 aliphatic carbocycles. The van der Waals surface area contributed by atoms with E-state index < -0.39 is 0 Å². The maximum absolute atomic E-state index is 10.0. The van der Waals surface area contributed by atoms with Gasteiger partial charge in [-0.3, -0.25) is 0 Å². The van der Waals surface area contributed by atoms with Gasteiger partial charge in [-0.2, -0.15) is 0 Å². The maximum atomic E-state index is 10.0. The van der Waals surface area contributed by atoms with Crippen molar-refractivity contribution in [2.24, 2.45) is 5.41 Å². The van der Waals surface area contributed by atoms with Crippen LogP contribution in [0.3, 0.4) is 0 Å². The van der Waals surface area contributed by atoms with Gasteiger partial charge in [-0.15, -0.1) is 0 Å². The Kier molecular flexibility index (Phi) is 8.84. The van der Waals surface area contributed by atoms with Crippen molar-refractivity contribution in [2.45, 2.75) is 72.3 Å². The summed E-state index contributed by atoms with van der Waals surface area (Å²) in [5.74, 6) is 0. The number of unbranched alkanes of at least 4 members (excludes halogenated alkanes) is 1. The van der Waals surface area contributed by atoms with Crippen LogP contribution in [0.15, 0.2) is 0 Å². The van der Waals surface area contributed by atoms with Gasteiger partial charge < -0.3 is 14.9 Å². The summed E-state index contributed by atoms with van der Waals surface area (Å²) in [4.78, 5) is 5.10. The molecule has 1 rings (SSSR count). The lowest BCUT2D eigenvalue weighted by Crippen LogP contribution is -2.46. The van der Waals surface area contributed by atoms with Gasteiger partial charge in [0.25, 0.3) is 0 Å². The van der Waals surface area contributed by atoms with Gasteiger partial charge in [-0.25, -0.2) is 0 Å². The van der Waals surface area contributed by atoms with Crippen molar-refractivity contribution in [1.29, 1.82) is 0 Å². The second-order valence-corrected chi connectivity index (χ2v) is 7.88. The molecule has 126 valence electrons. The van der Waals surface area contributed by atoms with Crippen molar-refractivity contribution in [3.05, 3.63) is 0 Å². The molecule has 1 atom stereocenters. The summed E-state index contributed by atoms with van der Waals surface area (Å²) in [6, 6.07) is 0. The van der Waals surface area contributed by atoms with Gasteiger partial charge in [0.15, 0.2) is 0 Å². The van der Waals surface area contributed by atoms with Gasteiger partial charge in [0.2, 0.25) is 0 Å². The lowest BCUT2D eigenvalue weighted by atomic mass is 9.89. The number of aliphatic hydroxyl groups excluding tert-OH is 1. The molecule has 1 aliphatic rings. The number of piperazine rings is 1. The molecule has 1 saturated heterocycles. The predicted octanol–water partition coefficient (Wildman–Crippen LogP) is 3.37. The number of hydrogen-bond acceptors (Lipinski definition) is 3. The lowest BCUT2D eigenvalue weighted by Gasteiger charge is -2.34. The normalized spacial score (nSPS) is 19.9. The number of aliphatic hydroxyl groups is 1. The maximum Gasteiger partial charge on any atom is 0.0540 e. The molecule has 0 aromatic heterocycles. The standard InChI is InChI=1S/C18H38N2O/c1-5-19-13-15-20(16-14-19)12-7-6-9-17(21)10-8-11-18(2,3)4/h17,21H,5-16H2,1-4H3/t17-/m1/s1. The molecule has 0 radical (unpaired) electrons. The zero-order valence-electron chi connectivity index (χ0n) is 14.9. The molecule has 0 aromatic carbocycles. The molecule has 0 amide bonds. The Morgan fingerprint density at radius 1 is 0.905 bits per heavy atom. The fourth-order valence-electron chi connectivity index (χ4n) is 3.06. The van der Waals surface area contributed by atoms with Crippen molar-refractivity contribution in [2.75, 3.05) is 39.3 Å². The first-order valence-electron chi connectivity index (χ1n) is 9.03. The van der Waals surface area contributed by atoms with Crippen LogP contribution in [0.1, 0.15) is 66.2 Å². The van der Waals surface area contributed by atoms with Crippen molar-refractivity contribution >= 4 is 0 Å². The number of rotatable bonds is 9. The smallest absolute Gasteiger partial charge is 0.0540 e. The summed E-state index contributed by atoms with van der Waals surface area (Å²) in [5, 5.41) is 10.0. The highest BCUT2D eigenvalue weighted by atomic mass is 16.3. The summed E-state index contributed by atoms with van der Waals surface area (Å²) < 4.78 is 0. The zero-order valence-corrected chi connectivity index (χ0v) is 14.9. The Morgan fingerprint density at radius 2 is 1.48 bits per heavy atom. The summed E-state index contributed by atoms with van der Waals surface area (Å²) in [5.41, 5.74) is 0.403. The van der Waals surface area contributed by atoms with Crippen LogP contribution >= 0.6 is 0 Å². The second kappa shape index (κ2) is 9.81. The highest BCUT2D eigenvalue weighted by Gasteiger charge is 2.15. The summed E-state index contributed by atoms with van der Waals surface area (Å²) in [6.45, 7) is 16.4. The van der Waals surface area contributed by atoms with E-state index in [9.17, 15) is 5.11 Å². The zero-order chi connectivity index (χ0) is 15.7. The molecule has 1 N–H and O–H groups in total. The Balaban J connectivity index is 1.96. The third-order valence-electron chi connectivity index (χ3n) is 4.64. The van der Waals surface area contributed by atoms with Gasteiger partial charge in [-0.05, 0) is 50.6 Å². The van der Waals surface area contributed by atoms with E-state index in [1.54, 1.807) is 0 Å². The lowest BCUT2D eigenvalue weighted by molar-refractivity contribution is 0.125. The first-order chi connectivity index (χ1) is 9.90. The van der Waals surface area contributed by atoms with Crippen LogP contribution < -0.4 is 0 Å². The van der Waals surface area contributed by atoms with Gasteiger partial charge in [0.1, 0.15) is 0 Å². The number of nitrogens with zero attached hydrogens (tertiary/aromatic N) is 2. The molecule has 1 heterocycles. The second-order valence-electron chi connectivity index (χ2n) is 7.88. The summed E-state index contributed by atoms with van der Waals surface area (Å²) in [7, 11) is 0. The van der Waals surface area contributed by atoms with E-state index in [2.05, 4.69) is 37.5 Å². The Hall–Kier alpha value is -0.120. The fourth-order valence-corrected chi connectivity index (χ4v) is 3.06. The third-order valence-corrected chi connectivity index (χ3v) is 4.64. The molecule has 21 heavy (non-hydrogen) atoms. The molecule has 3 nitrogen and oxygen atoms in total. The van der Waals surface area contributed by atoms with E-state index in [0.29, 0.717) is 5.41 Å². The molecule has 0 spiro atoms. The quantitative estimate of drug-likeness (QED) is 0.661. The largest absolute Gasteiger partial charge is 0.393 e. The van der Waals surface area contributed by atoms with E-state index in [-0.39, 0.29) is 6.10 Å². The summed E-state index contributed by atoms with van der Waals surface area (Å²) in [6.07, 6.45) is 6.66. The van der Waals surface area contributed by atoms with Crippen molar-refractivity contribution in [3.63, 3.8) is 0 Å². The van der Waals surface area contributed by atoms with Gasteiger partial charge >= 0.3 is 0 Å². The van der Waals surface area contributed by atoms with E-state index >= 15 is 0 Å². The molecule has 0 aromatic rings. The number of hydrogen-bond donors (Lipinski definition) is 1. The highest BCUT2D eigenvalue weighted by molar-refractivity contribution is 4.71. The molecule has 1 aliphatic heterocycles. The minimum absolute atomic E-state index is 0.0794. The van der Waals surface area contributed by atoms with Gasteiger partial charge in [-0.1, -0.05) is 34.1 Å². The molecular weight excluding hydrogens is 260 g/mol. The average Bonchev–Trinajstić information content (AvgIpc) is 2.43. The Labute approximate surface area is 132 Å². The van der Waals surface area contributed by atoms with Gasteiger partial charge in [0.05, 0.1) is 6.10 Å². The van der Waals surface area contributed by atoms with Crippen LogP contribution in [-0.2, 0) is 0 Å². The topological polar surface area (TPSA) is 26.7 Å². The van der Waals surface area contributed by atoms with E-state index in [1.807, 2.05) is 0 Å². The molecule has 3 heteroatoms. The van der Waals surface area contributed by atoms with Crippen molar-refractivity contribution < 1.29 is 5.11 Å². The van der Waals surface area contributed by atoms with Crippen LogP contribution in [0.4, 0.5) is 0 Å². The van der Waals surface area contributed by atoms with Crippen LogP contribution in [0.5, 0.6) is 0 Å². The molecule has 0 bridgehead atoms. The van der Waals surface area contributed by atoms with Crippen LogP contribution in [-0.4, -0.2) is 60.3 Å². The minimum atomic E-state index is -0.0794. The molecule has 0 saturated carbocycles. The van der Waals surface area contributed by atoms with E-state index in [4.69, 9.17) is 0 Å². The van der Waals surface area contributed by atoms with Gasteiger partial charge in [0, 0.05) is 26.2 Å². The van der Waals surface area contributed by atoms with Crippen molar-refractivity contribution in [1.82, 2.24) is 9.80 Å². The minimum Gasteiger partial charge on any atom is -0.393 e. The third kappa shape index (κ3) is 9.49. The molecule has 1 fully saturated rings. The monoisotopic (exact) mass is 298 g/mol. The first-order valence-corrected chi connectivity index (χ1v) is 9.03. The summed E-state index contributed by atoms with van der Waals surface area (Å²) >= 11 is 0.